The lowest BCUT2D eigenvalue weighted by molar-refractivity contribution is -0.116. The maximum absolute atomic E-state index is 12.7. The second-order valence-corrected chi connectivity index (χ2v) is 6.54. The number of aromatic nitrogens is 2. The molecule has 0 aliphatic heterocycles. The summed E-state index contributed by atoms with van der Waals surface area (Å²) in [6.45, 7) is 6.66. The highest BCUT2D eigenvalue weighted by Gasteiger charge is 2.17. The maximum atomic E-state index is 12.7. The molecule has 0 spiro atoms. The Morgan fingerprint density at radius 1 is 1.23 bits per heavy atom. The molecule has 0 N–H and O–H groups in total. The number of aryl methyl sites for hydroxylation is 2. The van der Waals surface area contributed by atoms with Crippen LogP contribution in [0.3, 0.4) is 0 Å². The van der Waals surface area contributed by atoms with Crippen molar-refractivity contribution >= 4 is 23.4 Å². The molecule has 2 aromatic rings. The number of nitrogens with zero attached hydrogens (tertiary/aromatic N) is 4. The summed E-state index contributed by atoms with van der Waals surface area (Å²) in [4.78, 5) is 23.0. The Balaban J connectivity index is 2.09. The number of thioether (sulfide) groups is 1. The van der Waals surface area contributed by atoms with Crippen LogP contribution in [0.25, 0.3) is 0 Å². The fraction of sp³-hybridized carbons (Fsp3) is 0.368. The zero-order chi connectivity index (χ0) is 18.9. The number of carbonyl (C=O) groups excluding carboxylic acids is 1. The molecule has 0 unspecified atom stereocenters. The number of benzene rings is 1. The van der Waals surface area contributed by atoms with Crippen LogP contribution in [-0.4, -0.2) is 34.8 Å². The van der Waals surface area contributed by atoms with Gasteiger partial charge in [0.15, 0.2) is 5.16 Å². The fourth-order valence-corrected chi connectivity index (χ4v) is 3.24. The normalized spacial score (nSPS) is 10.2. The zero-order valence-electron chi connectivity index (χ0n) is 15.2. The minimum absolute atomic E-state index is 0.0860. The van der Waals surface area contributed by atoms with Gasteiger partial charge in [0.05, 0.1) is 24.8 Å². The summed E-state index contributed by atoms with van der Waals surface area (Å²) in [6.07, 6.45) is 0.268. The highest BCUT2D eigenvalue weighted by Crippen LogP contribution is 2.22. The smallest absolute Gasteiger partial charge is 0.237 e. The molecule has 0 fully saturated rings. The molecular weight excluding hydrogens is 348 g/mol. The van der Waals surface area contributed by atoms with E-state index in [2.05, 4.69) is 16.0 Å². The van der Waals surface area contributed by atoms with E-state index in [0.717, 1.165) is 22.8 Å². The number of ether oxygens (including phenoxy) is 1. The van der Waals surface area contributed by atoms with Gasteiger partial charge in [-0.25, -0.2) is 9.97 Å². The van der Waals surface area contributed by atoms with E-state index in [1.54, 1.807) is 4.90 Å². The van der Waals surface area contributed by atoms with Crippen LogP contribution < -0.4 is 9.64 Å². The van der Waals surface area contributed by atoms with E-state index in [0.29, 0.717) is 18.3 Å². The molecule has 0 saturated heterocycles. The van der Waals surface area contributed by atoms with E-state index in [9.17, 15) is 4.79 Å². The van der Waals surface area contributed by atoms with E-state index in [1.165, 1.54) is 11.8 Å². The van der Waals surface area contributed by atoms with Crippen molar-refractivity contribution in [1.29, 1.82) is 5.26 Å². The Hall–Kier alpha value is -2.59. The Kier molecular flexibility index (Phi) is 7.42. The van der Waals surface area contributed by atoms with Crippen molar-refractivity contribution in [3.63, 3.8) is 0 Å². The van der Waals surface area contributed by atoms with Gasteiger partial charge in [0.25, 0.3) is 0 Å². The van der Waals surface area contributed by atoms with Crippen molar-refractivity contribution in [1.82, 2.24) is 9.97 Å². The number of carbonyl (C=O) groups is 1. The molecule has 0 radical (unpaired) electrons. The molecule has 1 heterocycles. The fourth-order valence-electron chi connectivity index (χ4n) is 2.41. The average Bonchev–Trinajstić information content (AvgIpc) is 2.61. The second-order valence-electron chi connectivity index (χ2n) is 5.60. The van der Waals surface area contributed by atoms with Gasteiger partial charge in [-0.3, -0.25) is 4.79 Å². The summed E-state index contributed by atoms with van der Waals surface area (Å²) < 4.78 is 5.43. The van der Waals surface area contributed by atoms with E-state index < -0.39 is 0 Å². The molecular formula is C19H22N4O2S. The molecule has 26 heavy (non-hydrogen) atoms. The molecule has 1 amide bonds. The zero-order valence-corrected chi connectivity index (χ0v) is 16.0. The van der Waals surface area contributed by atoms with Gasteiger partial charge < -0.3 is 9.64 Å². The summed E-state index contributed by atoms with van der Waals surface area (Å²) >= 11 is 1.30. The van der Waals surface area contributed by atoms with Crippen molar-refractivity contribution in [2.75, 3.05) is 23.8 Å². The van der Waals surface area contributed by atoms with Gasteiger partial charge in [-0.2, -0.15) is 5.26 Å². The number of amides is 1. The Morgan fingerprint density at radius 2 is 1.88 bits per heavy atom. The molecule has 0 aliphatic carbocycles. The largest absolute Gasteiger partial charge is 0.494 e. The number of rotatable bonds is 8. The van der Waals surface area contributed by atoms with Crippen LogP contribution in [0.15, 0.2) is 35.5 Å². The van der Waals surface area contributed by atoms with E-state index in [-0.39, 0.29) is 18.1 Å². The third-order valence-electron chi connectivity index (χ3n) is 3.49. The minimum atomic E-state index is -0.0860. The quantitative estimate of drug-likeness (QED) is 0.522. The SMILES string of the molecule is CCOc1ccc(N(CCC#N)C(=O)CSc2nc(C)cc(C)n2)cc1. The van der Waals surface area contributed by atoms with Gasteiger partial charge in [0, 0.05) is 23.6 Å². The molecule has 1 aromatic heterocycles. The first kappa shape index (κ1) is 19.7. The summed E-state index contributed by atoms with van der Waals surface area (Å²) in [5, 5.41) is 9.48. The first-order valence-electron chi connectivity index (χ1n) is 8.38. The highest BCUT2D eigenvalue weighted by atomic mass is 32.2. The van der Waals surface area contributed by atoms with Gasteiger partial charge >= 0.3 is 0 Å². The van der Waals surface area contributed by atoms with Crippen molar-refractivity contribution in [3.8, 4) is 11.8 Å². The van der Waals surface area contributed by atoms with E-state index in [1.807, 2.05) is 51.1 Å². The monoisotopic (exact) mass is 370 g/mol. The number of hydrogen-bond donors (Lipinski definition) is 0. The number of anilines is 1. The van der Waals surface area contributed by atoms with Gasteiger partial charge in [-0.15, -0.1) is 0 Å². The minimum Gasteiger partial charge on any atom is -0.494 e. The molecule has 1 aromatic carbocycles. The van der Waals surface area contributed by atoms with Gasteiger partial charge in [-0.05, 0) is 51.1 Å². The molecule has 0 saturated carbocycles. The summed E-state index contributed by atoms with van der Waals surface area (Å²) in [6, 6.07) is 11.3. The van der Waals surface area contributed by atoms with Gasteiger partial charge in [-0.1, -0.05) is 11.8 Å². The Morgan fingerprint density at radius 3 is 2.46 bits per heavy atom. The lowest BCUT2D eigenvalue weighted by Crippen LogP contribution is -2.33. The molecule has 6 nitrogen and oxygen atoms in total. The maximum Gasteiger partial charge on any atom is 0.237 e. The van der Waals surface area contributed by atoms with Crippen LogP contribution in [0.2, 0.25) is 0 Å². The van der Waals surface area contributed by atoms with Crippen LogP contribution in [-0.2, 0) is 4.79 Å². The summed E-state index contributed by atoms with van der Waals surface area (Å²) in [7, 11) is 0. The summed E-state index contributed by atoms with van der Waals surface area (Å²) in [5.74, 6) is 0.876. The molecule has 7 heteroatoms. The highest BCUT2D eigenvalue weighted by molar-refractivity contribution is 7.99. The number of nitriles is 1. The van der Waals surface area contributed by atoms with Crippen LogP contribution in [0, 0.1) is 25.2 Å². The third-order valence-corrected chi connectivity index (χ3v) is 4.33. The predicted molar refractivity (Wildman–Crippen MR) is 102 cm³/mol. The number of hydrogen-bond acceptors (Lipinski definition) is 6. The van der Waals surface area contributed by atoms with Crippen molar-refractivity contribution < 1.29 is 9.53 Å². The Bertz CT molecular complexity index is 767. The molecule has 0 aliphatic rings. The topological polar surface area (TPSA) is 79.1 Å². The van der Waals surface area contributed by atoms with E-state index >= 15 is 0 Å². The van der Waals surface area contributed by atoms with Crippen molar-refractivity contribution in [2.45, 2.75) is 32.3 Å². The standard InChI is InChI=1S/C19H22N4O2S/c1-4-25-17-8-6-16(7-9-17)23(11-5-10-20)18(24)13-26-19-21-14(2)12-15(3)22-19/h6-9,12H,4-5,11,13H2,1-3H3. The summed E-state index contributed by atoms with van der Waals surface area (Å²) in [5.41, 5.74) is 2.50. The second kappa shape index (κ2) is 9.78. The van der Waals surface area contributed by atoms with Crippen LogP contribution in [0.5, 0.6) is 5.75 Å². The van der Waals surface area contributed by atoms with Crippen LogP contribution >= 0.6 is 11.8 Å². The molecule has 136 valence electrons. The third kappa shape index (κ3) is 5.74. The van der Waals surface area contributed by atoms with Gasteiger partial charge in [0.1, 0.15) is 5.75 Å². The van der Waals surface area contributed by atoms with Crippen LogP contribution in [0.4, 0.5) is 5.69 Å². The van der Waals surface area contributed by atoms with Crippen molar-refractivity contribution in [2.24, 2.45) is 0 Å². The molecule has 0 bridgehead atoms. The van der Waals surface area contributed by atoms with Gasteiger partial charge in [0.2, 0.25) is 5.91 Å². The van der Waals surface area contributed by atoms with Crippen LogP contribution in [0.1, 0.15) is 24.7 Å². The molecule has 0 atom stereocenters. The lowest BCUT2D eigenvalue weighted by Gasteiger charge is -2.22. The first-order valence-corrected chi connectivity index (χ1v) is 9.37. The van der Waals surface area contributed by atoms with E-state index in [4.69, 9.17) is 10.00 Å². The predicted octanol–water partition coefficient (Wildman–Crippen LogP) is 3.53. The van der Waals surface area contributed by atoms with Crippen molar-refractivity contribution in [3.05, 3.63) is 41.7 Å². The Labute approximate surface area is 158 Å². The lowest BCUT2D eigenvalue weighted by atomic mass is 10.2. The first-order chi connectivity index (χ1) is 12.5. The average molecular weight is 370 g/mol. The molecule has 2 rings (SSSR count).